The minimum absolute atomic E-state index is 0.0352. The molecule has 1 rings (SSSR count). The average Bonchev–Trinajstić information content (AvgIpc) is 2.66. The maximum Gasteiger partial charge on any atom is 0.315 e. The van der Waals surface area contributed by atoms with Crippen molar-refractivity contribution >= 4 is 12.0 Å². The zero-order valence-electron chi connectivity index (χ0n) is 9.71. The number of rotatable bonds is 5. The van der Waals surface area contributed by atoms with Gasteiger partial charge < -0.3 is 15.7 Å². The van der Waals surface area contributed by atoms with Crippen LogP contribution < -0.4 is 10.6 Å². The lowest BCUT2D eigenvalue weighted by atomic mass is 9.94. The zero-order chi connectivity index (χ0) is 12.0. The molecule has 0 bridgehead atoms. The fourth-order valence-corrected chi connectivity index (χ4v) is 2.19. The summed E-state index contributed by atoms with van der Waals surface area (Å²) in [5.41, 5.74) is -0.0622. The van der Waals surface area contributed by atoms with Gasteiger partial charge >= 0.3 is 12.0 Å². The second kappa shape index (κ2) is 5.72. The Balaban J connectivity index is 2.29. The molecule has 5 heteroatoms. The number of aliphatic carboxylic acids is 1. The van der Waals surface area contributed by atoms with E-state index in [2.05, 4.69) is 17.6 Å². The van der Waals surface area contributed by atoms with Crippen LogP contribution in [0.15, 0.2) is 0 Å². The van der Waals surface area contributed by atoms with Gasteiger partial charge in [0.2, 0.25) is 0 Å². The van der Waals surface area contributed by atoms with E-state index < -0.39 is 5.97 Å². The fraction of sp³-hybridized carbons (Fsp3) is 0.818. The molecule has 5 nitrogen and oxygen atoms in total. The summed E-state index contributed by atoms with van der Waals surface area (Å²) in [7, 11) is 0. The first-order chi connectivity index (χ1) is 7.58. The highest BCUT2D eigenvalue weighted by Crippen LogP contribution is 2.32. The van der Waals surface area contributed by atoms with Crippen LogP contribution in [0, 0.1) is 0 Å². The smallest absolute Gasteiger partial charge is 0.315 e. The Morgan fingerprint density at radius 2 is 1.94 bits per heavy atom. The van der Waals surface area contributed by atoms with Crippen molar-refractivity contribution in [3.63, 3.8) is 0 Å². The summed E-state index contributed by atoms with van der Waals surface area (Å²) in [6, 6.07) is -0.245. The molecule has 0 unspecified atom stereocenters. The molecular weight excluding hydrogens is 208 g/mol. The Morgan fingerprint density at radius 1 is 1.31 bits per heavy atom. The number of carbonyl (C=O) groups excluding carboxylic acids is 1. The minimum atomic E-state index is -0.897. The van der Waals surface area contributed by atoms with Crippen LogP contribution in [0.2, 0.25) is 0 Å². The first-order valence-electron chi connectivity index (χ1n) is 5.86. The predicted molar refractivity (Wildman–Crippen MR) is 60.3 cm³/mol. The molecule has 0 aromatic heterocycles. The summed E-state index contributed by atoms with van der Waals surface area (Å²) >= 11 is 0. The van der Waals surface area contributed by atoms with Crippen molar-refractivity contribution in [2.45, 2.75) is 51.0 Å². The van der Waals surface area contributed by atoms with E-state index in [0.29, 0.717) is 0 Å². The Labute approximate surface area is 95.6 Å². The molecule has 0 spiro atoms. The van der Waals surface area contributed by atoms with Crippen molar-refractivity contribution in [3.8, 4) is 0 Å². The van der Waals surface area contributed by atoms with E-state index in [-0.39, 0.29) is 24.5 Å². The van der Waals surface area contributed by atoms with Crippen molar-refractivity contribution in [2.24, 2.45) is 0 Å². The number of hydrogen-bond acceptors (Lipinski definition) is 2. The highest BCUT2D eigenvalue weighted by atomic mass is 16.4. The van der Waals surface area contributed by atoms with Crippen LogP contribution in [0.4, 0.5) is 4.79 Å². The van der Waals surface area contributed by atoms with Gasteiger partial charge in [-0.05, 0) is 19.3 Å². The van der Waals surface area contributed by atoms with Gasteiger partial charge in [0.05, 0.1) is 6.42 Å². The standard InChI is InChI=1S/C11H20N2O3/c1-2-11(6-3-4-7-11)13-10(16)12-8-5-9(14)15/h2-8H2,1H3,(H,14,15)(H2,12,13,16). The van der Waals surface area contributed by atoms with Crippen LogP contribution in [0.1, 0.15) is 45.4 Å². The molecule has 3 N–H and O–H groups in total. The Hall–Kier alpha value is -1.26. The molecule has 16 heavy (non-hydrogen) atoms. The van der Waals surface area contributed by atoms with Crippen molar-refractivity contribution in [1.82, 2.24) is 10.6 Å². The average molecular weight is 228 g/mol. The van der Waals surface area contributed by atoms with E-state index in [0.717, 1.165) is 32.1 Å². The van der Waals surface area contributed by atoms with Crippen molar-refractivity contribution in [2.75, 3.05) is 6.54 Å². The first kappa shape index (κ1) is 12.8. The number of nitrogens with one attached hydrogen (secondary N) is 2. The lowest BCUT2D eigenvalue weighted by Gasteiger charge is -2.28. The summed E-state index contributed by atoms with van der Waals surface area (Å²) < 4.78 is 0. The summed E-state index contributed by atoms with van der Waals surface area (Å²) in [6.45, 7) is 2.25. The van der Waals surface area contributed by atoms with E-state index in [1.54, 1.807) is 0 Å². The largest absolute Gasteiger partial charge is 0.481 e. The first-order valence-corrected chi connectivity index (χ1v) is 5.86. The molecule has 1 aliphatic rings. The lowest BCUT2D eigenvalue weighted by molar-refractivity contribution is -0.136. The summed E-state index contributed by atoms with van der Waals surface area (Å²) in [5, 5.41) is 14.0. The van der Waals surface area contributed by atoms with E-state index in [9.17, 15) is 9.59 Å². The van der Waals surface area contributed by atoms with Crippen molar-refractivity contribution < 1.29 is 14.7 Å². The Bertz CT molecular complexity index is 260. The number of carbonyl (C=O) groups is 2. The number of amides is 2. The third kappa shape index (κ3) is 3.72. The van der Waals surface area contributed by atoms with Crippen LogP contribution in [0.3, 0.4) is 0 Å². The highest BCUT2D eigenvalue weighted by Gasteiger charge is 2.33. The molecule has 0 radical (unpaired) electrons. The van der Waals surface area contributed by atoms with Gasteiger partial charge in [-0.2, -0.15) is 0 Å². The third-order valence-corrected chi connectivity index (χ3v) is 3.24. The molecule has 0 aliphatic heterocycles. The molecule has 0 heterocycles. The zero-order valence-corrected chi connectivity index (χ0v) is 9.71. The summed E-state index contributed by atoms with van der Waals surface area (Å²) in [5.74, 6) is -0.897. The minimum Gasteiger partial charge on any atom is -0.481 e. The highest BCUT2D eigenvalue weighted by molar-refractivity contribution is 5.75. The van der Waals surface area contributed by atoms with E-state index >= 15 is 0 Å². The van der Waals surface area contributed by atoms with Crippen molar-refractivity contribution in [1.29, 1.82) is 0 Å². The molecular formula is C11H20N2O3. The van der Waals surface area contributed by atoms with Gasteiger partial charge in [0.1, 0.15) is 0 Å². The molecule has 0 aromatic carbocycles. The van der Waals surface area contributed by atoms with Gasteiger partial charge in [-0.1, -0.05) is 19.8 Å². The second-order valence-electron chi connectivity index (χ2n) is 4.37. The molecule has 92 valence electrons. The Morgan fingerprint density at radius 3 is 2.44 bits per heavy atom. The van der Waals surface area contributed by atoms with Crippen LogP contribution in [-0.2, 0) is 4.79 Å². The number of urea groups is 1. The van der Waals surface area contributed by atoms with Crippen LogP contribution in [0.25, 0.3) is 0 Å². The molecule has 0 atom stereocenters. The quantitative estimate of drug-likeness (QED) is 0.667. The maximum absolute atomic E-state index is 11.5. The summed E-state index contributed by atoms with van der Waals surface area (Å²) in [6.07, 6.45) is 5.25. The van der Waals surface area contributed by atoms with Crippen LogP contribution >= 0.6 is 0 Å². The number of carboxylic acids is 1. The molecule has 2 amide bonds. The van der Waals surface area contributed by atoms with Crippen LogP contribution in [0.5, 0.6) is 0 Å². The van der Waals surface area contributed by atoms with Crippen molar-refractivity contribution in [3.05, 3.63) is 0 Å². The molecule has 1 saturated carbocycles. The van der Waals surface area contributed by atoms with Gasteiger partial charge in [0.15, 0.2) is 0 Å². The molecule has 0 saturated heterocycles. The fourth-order valence-electron chi connectivity index (χ4n) is 2.19. The molecule has 0 aromatic rings. The Kier molecular flexibility index (Phi) is 4.58. The van der Waals surface area contributed by atoms with E-state index in [1.807, 2.05) is 0 Å². The number of hydrogen-bond donors (Lipinski definition) is 3. The van der Waals surface area contributed by atoms with Gasteiger partial charge in [-0.25, -0.2) is 4.79 Å². The van der Waals surface area contributed by atoms with Gasteiger partial charge in [-0.15, -0.1) is 0 Å². The third-order valence-electron chi connectivity index (χ3n) is 3.24. The van der Waals surface area contributed by atoms with E-state index in [1.165, 1.54) is 0 Å². The number of carboxylic acid groups (broad SMARTS) is 1. The lowest BCUT2D eigenvalue weighted by Crippen LogP contribution is -2.50. The normalized spacial score (nSPS) is 18.1. The monoisotopic (exact) mass is 228 g/mol. The second-order valence-corrected chi connectivity index (χ2v) is 4.37. The SMILES string of the molecule is CCC1(NC(=O)NCCC(=O)O)CCCC1. The topological polar surface area (TPSA) is 78.4 Å². The molecule has 1 aliphatic carbocycles. The summed E-state index contributed by atoms with van der Waals surface area (Å²) in [4.78, 5) is 21.8. The van der Waals surface area contributed by atoms with Gasteiger partial charge in [0, 0.05) is 12.1 Å². The van der Waals surface area contributed by atoms with E-state index in [4.69, 9.17) is 5.11 Å². The van der Waals surface area contributed by atoms with Gasteiger partial charge in [0.25, 0.3) is 0 Å². The molecule has 1 fully saturated rings. The maximum atomic E-state index is 11.5. The van der Waals surface area contributed by atoms with Gasteiger partial charge in [-0.3, -0.25) is 4.79 Å². The van der Waals surface area contributed by atoms with Crippen LogP contribution in [-0.4, -0.2) is 29.2 Å². The predicted octanol–water partition coefficient (Wildman–Crippen LogP) is 1.48.